The largest absolute Gasteiger partial charge is 0.389 e. The van der Waals surface area contributed by atoms with Crippen LogP contribution in [0.15, 0.2) is 6.33 Å². The predicted molar refractivity (Wildman–Crippen MR) is 94.4 cm³/mol. The van der Waals surface area contributed by atoms with Crippen molar-refractivity contribution in [1.82, 2.24) is 14.9 Å². The van der Waals surface area contributed by atoms with E-state index in [-0.39, 0.29) is 17.9 Å². The van der Waals surface area contributed by atoms with E-state index in [0.717, 1.165) is 42.0 Å². The quantitative estimate of drug-likeness (QED) is 0.897. The molecule has 6 nitrogen and oxygen atoms in total. The molecule has 0 unspecified atom stereocenters. The third kappa shape index (κ3) is 2.56. The summed E-state index contributed by atoms with van der Waals surface area (Å²) >= 11 is 1.71. The molecular formula is C17H22N4O2S. The Morgan fingerprint density at radius 1 is 1.25 bits per heavy atom. The van der Waals surface area contributed by atoms with Gasteiger partial charge in [-0.05, 0) is 32.3 Å². The van der Waals surface area contributed by atoms with Crippen molar-refractivity contribution in [3.63, 3.8) is 0 Å². The van der Waals surface area contributed by atoms with Gasteiger partial charge in [-0.2, -0.15) is 0 Å². The van der Waals surface area contributed by atoms with Crippen LogP contribution in [0.4, 0.5) is 5.82 Å². The molecule has 7 heteroatoms. The summed E-state index contributed by atoms with van der Waals surface area (Å²) in [5, 5.41) is 10.5. The Kier molecular flexibility index (Phi) is 3.92. The number of likely N-dealkylation sites (tertiary alicyclic amines) is 1. The first-order valence-electron chi connectivity index (χ1n) is 8.47. The molecule has 2 aliphatic heterocycles. The van der Waals surface area contributed by atoms with E-state index in [1.807, 2.05) is 0 Å². The number of aliphatic hydroxyl groups is 1. The summed E-state index contributed by atoms with van der Waals surface area (Å²) in [6.07, 6.45) is 3.01. The van der Waals surface area contributed by atoms with E-state index in [2.05, 4.69) is 28.7 Å². The highest BCUT2D eigenvalue weighted by Gasteiger charge is 2.35. The minimum atomic E-state index is -0.326. The molecule has 128 valence electrons. The van der Waals surface area contributed by atoms with Gasteiger partial charge in [-0.1, -0.05) is 0 Å². The lowest BCUT2D eigenvalue weighted by molar-refractivity contribution is -0.146. The molecular weight excluding hydrogens is 324 g/mol. The van der Waals surface area contributed by atoms with Crippen molar-refractivity contribution in [1.29, 1.82) is 0 Å². The second-order valence-electron chi connectivity index (χ2n) is 6.82. The maximum absolute atomic E-state index is 12.4. The minimum Gasteiger partial charge on any atom is -0.389 e. The van der Waals surface area contributed by atoms with Crippen molar-refractivity contribution in [2.45, 2.75) is 32.8 Å². The molecule has 0 radical (unpaired) electrons. The van der Waals surface area contributed by atoms with Gasteiger partial charge in [0.15, 0.2) is 0 Å². The highest BCUT2D eigenvalue weighted by Crippen LogP contribution is 2.35. The second kappa shape index (κ2) is 5.97. The number of piperidine rings is 1. The van der Waals surface area contributed by atoms with E-state index in [1.165, 1.54) is 10.4 Å². The number of β-amino-alcohol motifs (C(OH)–C–C–N with tert-alkyl or cyclic N) is 1. The maximum Gasteiger partial charge on any atom is 0.225 e. The summed E-state index contributed by atoms with van der Waals surface area (Å²) < 4.78 is 0. The van der Waals surface area contributed by atoms with E-state index in [1.54, 1.807) is 22.6 Å². The van der Waals surface area contributed by atoms with Crippen molar-refractivity contribution in [3.05, 3.63) is 16.8 Å². The number of rotatable bonds is 2. The SMILES string of the molecule is Cc1sc2ncnc(N3CCC(C(=O)N4CC(O)C4)CC3)c2c1C. The summed E-state index contributed by atoms with van der Waals surface area (Å²) in [5.74, 6) is 1.29. The first kappa shape index (κ1) is 15.8. The molecule has 2 saturated heterocycles. The highest BCUT2D eigenvalue weighted by atomic mass is 32.1. The molecule has 24 heavy (non-hydrogen) atoms. The summed E-state index contributed by atoms with van der Waals surface area (Å²) in [4.78, 5) is 27.8. The molecule has 0 aliphatic carbocycles. The number of nitrogens with zero attached hydrogens (tertiary/aromatic N) is 4. The molecule has 2 aromatic rings. The normalized spacial score (nSPS) is 19.8. The third-order valence-electron chi connectivity index (χ3n) is 5.26. The predicted octanol–water partition coefficient (Wildman–Crippen LogP) is 1.73. The van der Waals surface area contributed by atoms with Gasteiger partial charge in [0.05, 0.1) is 11.5 Å². The number of hydrogen-bond acceptors (Lipinski definition) is 6. The van der Waals surface area contributed by atoms with Gasteiger partial charge < -0.3 is 14.9 Å². The lowest BCUT2D eigenvalue weighted by atomic mass is 9.93. The number of aliphatic hydroxyl groups excluding tert-OH is 1. The van der Waals surface area contributed by atoms with Crippen LogP contribution in [-0.4, -0.2) is 58.2 Å². The van der Waals surface area contributed by atoms with Crippen molar-refractivity contribution >= 4 is 33.3 Å². The molecule has 0 aromatic carbocycles. The van der Waals surface area contributed by atoms with Crippen LogP contribution in [-0.2, 0) is 4.79 Å². The van der Waals surface area contributed by atoms with Crippen molar-refractivity contribution in [2.24, 2.45) is 5.92 Å². The van der Waals surface area contributed by atoms with Crippen LogP contribution < -0.4 is 4.90 Å². The maximum atomic E-state index is 12.4. The van der Waals surface area contributed by atoms with Crippen LogP contribution in [0.1, 0.15) is 23.3 Å². The van der Waals surface area contributed by atoms with E-state index in [0.29, 0.717) is 13.1 Å². The van der Waals surface area contributed by atoms with Crippen LogP contribution >= 0.6 is 11.3 Å². The molecule has 0 atom stereocenters. The van der Waals surface area contributed by atoms with Gasteiger partial charge in [-0.25, -0.2) is 9.97 Å². The molecule has 0 bridgehead atoms. The average molecular weight is 346 g/mol. The van der Waals surface area contributed by atoms with Crippen molar-refractivity contribution < 1.29 is 9.90 Å². The number of fused-ring (bicyclic) bond motifs is 1. The number of amides is 1. The smallest absolute Gasteiger partial charge is 0.225 e. The fourth-order valence-corrected chi connectivity index (χ4v) is 4.63. The Morgan fingerprint density at radius 2 is 1.96 bits per heavy atom. The number of carbonyl (C=O) groups is 1. The van der Waals surface area contributed by atoms with Crippen LogP contribution in [0, 0.1) is 19.8 Å². The van der Waals surface area contributed by atoms with Gasteiger partial charge >= 0.3 is 0 Å². The monoisotopic (exact) mass is 346 g/mol. The Morgan fingerprint density at radius 3 is 2.62 bits per heavy atom. The zero-order valence-corrected chi connectivity index (χ0v) is 14.8. The zero-order chi connectivity index (χ0) is 16.8. The lowest BCUT2D eigenvalue weighted by Gasteiger charge is -2.40. The van der Waals surface area contributed by atoms with Crippen LogP contribution in [0.2, 0.25) is 0 Å². The fraction of sp³-hybridized carbons (Fsp3) is 0.588. The van der Waals surface area contributed by atoms with E-state index in [4.69, 9.17) is 0 Å². The molecule has 1 amide bonds. The summed E-state index contributed by atoms with van der Waals surface area (Å²) in [5.41, 5.74) is 1.26. The molecule has 4 heterocycles. The minimum absolute atomic E-state index is 0.0800. The molecule has 2 fully saturated rings. The number of anilines is 1. The van der Waals surface area contributed by atoms with Gasteiger partial charge in [0.1, 0.15) is 17.0 Å². The molecule has 1 N–H and O–H groups in total. The Hall–Kier alpha value is -1.73. The number of hydrogen-bond donors (Lipinski definition) is 1. The van der Waals surface area contributed by atoms with Gasteiger partial charge in [0.2, 0.25) is 5.91 Å². The molecule has 0 spiro atoms. The highest BCUT2D eigenvalue weighted by molar-refractivity contribution is 7.18. The molecule has 4 rings (SSSR count). The van der Waals surface area contributed by atoms with Crippen molar-refractivity contribution in [2.75, 3.05) is 31.1 Å². The lowest BCUT2D eigenvalue weighted by Crippen LogP contribution is -2.56. The van der Waals surface area contributed by atoms with Gasteiger partial charge in [0.25, 0.3) is 0 Å². The van der Waals surface area contributed by atoms with E-state index in [9.17, 15) is 9.90 Å². The fourth-order valence-electron chi connectivity index (χ4n) is 3.64. The summed E-state index contributed by atoms with van der Waals surface area (Å²) in [6, 6.07) is 0. The molecule has 2 aliphatic rings. The van der Waals surface area contributed by atoms with Crippen molar-refractivity contribution in [3.8, 4) is 0 Å². The first-order chi connectivity index (χ1) is 11.5. The summed E-state index contributed by atoms with van der Waals surface area (Å²) in [7, 11) is 0. The van der Waals surface area contributed by atoms with Gasteiger partial charge in [-0.3, -0.25) is 4.79 Å². The van der Waals surface area contributed by atoms with Crippen LogP contribution in [0.5, 0.6) is 0 Å². The number of aromatic nitrogens is 2. The number of aryl methyl sites for hydroxylation is 2. The Labute approximate surface area is 145 Å². The van der Waals surface area contributed by atoms with E-state index >= 15 is 0 Å². The molecule has 2 aromatic heterocycles. The molecule has 0 saturated carbocycles. The Bertz CT molecular complexity index is 776. The van der Waals surface area contributed by atoms with Crippen LogP contribution in [0.25, 0.3) is 10.2 Å². The first-order valence-corrected chi connectivity index (χ1v) is 9.28. The zero-order valence-electron chi connectivity index (χ0n) is 14.0. The second-order valence-corrected chi connectivity index (χ2v) is 8.02. The van der Waals surface area contributed by atoms with E-state index < -0.39 is 0 Å². The third-order valence-corrected chi connectivity index (χ3v) is 6.38. The van der Waals surface area contributed by atoms with Gasteiger partial charge in [0, 0.05) is 37.0 Å². The Balaban J connectivity index is 1.49. The van der Waals surface area contributed by atoms with Gasteiger partial charge in [-0.15, -0.1) is 11.3 Å². The topological polar surface area (TPSA) is 69.6 Å². The number of thiophene rings is 1. The number of carbonyl (C=O) groups excluding carboxylic acids is 1. The summed E-state index contributed by atoms with van der Waals surface area (Å²) in [6.45, 7) is 6.93. The standard InChI is InChI=1S/C17H22N4O2S/c1-10-11(2)24-16-14(10)15(18-9-19-16)20-5-3-12(4-6-20)17(23)21-7-13(22)8-21/h9,12-13,22H,3-8H2,1-2H3. The van der Waals surface area contributed by atoms with Crippen LogP contribution in [0.3, 0.4) is 0 Å². The average Bonchev–Trinajstić information content (AvgIpc) is 2.86.